The van der Waals surface area contributed by atoms with Crippen LogP contribution in [0.4, 0.5) is 5.69 Å². The Bertz CT molecular complexity index is 874. The van der Waals surface area contributed by atoms with Gasteiger partial charge in [-0.3, -0.25) is 4.79 Å². The lowest BCUT2D eigenvalue weighted by atomic mass is 9.76. The van der Waals surface area contributed by atoms with E-state index in [1.54, 1.807) is 14.0 Å². The Morgan fingerprint density at radius 1 is 1.20 bits per heavy atom. The zero-order valence-corrected chi connectivity index (χ0v) is 15.8. The van der Waals surface area contributed by atoms with Crippen LogP contribution in [0.1, 0.15) is 46.8 Å². The van der Waals surface area contributed by atoms with Crippen LogP contribution in [0.15, 0.2) is 53.0 Å². The molecular weight excluding hydrogens is 378 g/mol. The van der Waals surface area contributed by atoms with Crippen LogP contribution >= 0.6 is 15.9 Å². The topological polar surface area (TPSA) is 38.3 Å². The first kappa shape index (κ1) is 16.4. The summed E-state index contributed by atoms with van der Waals surface area (Å²) in [4.78, 5) is 11.8. The van der Waals surface area contributed by atoms with E-state index in [-0.39, 0.29) is 11.8 Å². The normalized spacial score (nSPS) is 23.6. The van der Waals surface area contributed by atoms with Crippen LogP contribution in [0.25, 0.3) is 0 Å². The van der Waals surface area contributed by atoms with E-state index in [4.69, 9.17) is 4.74 Å². The number of carbonyl (C=O) groups excluding carboxylic acids is 1. The van der Waals surface area contributed by atoms with Crippen molar-refractivity contribution in [3.8, 4) is 5.75 Å². The number of allylic oxidation sites excluding steroid dienone is 2. The van der Waals surface area contributed by atoms with Gasteiger partial charge in [0.2, 0.25) is 0 Å². The smallest absolute Gasteiger partial charge is 0.159 e. The number of Topliss-reactive ketones (excluding diaryl/α,β-unsaturated/α-hetero) is 1. The molecule has 2 aliphatic rings. The number of anilines is 1. The van der Waals surface area contributed by atoms with Crippen molar-refractivity contribution < 1.29 is 9.53 Å². The number of ether oxygens (including phenoxy) is 1. The molecule has 1 N–H and O–H groups in total. The van der Waals surface area contributed by atoms with E-state index >= 15 is 0 Å². The minimum Gasteiger partial charge on any atom is -0.497 e. The largest absolute Gasteiger partial charge is 0.497 e. The molecule has 0 radical (unpaired) electrons. The van der Waals surface area contributed by atoms with Crippen molar-refractivity contribution in [3.63, 3.8) is 0 Å². The molecule has 2 aromatic rings. The molecule has 25 heavy (non-hydrogen) atoms. The molecule has 3 unspecified atom stereocenters. The molecule has 1 heterocycles. The number of halogens is 1. The van der Waals surface area contributed by atoms with Gasteiger partial charge < -0.3 is 10.1 Å². The lowest BCUT2D eigenvalue weighted by molar-refractivity contribution is 0.101. The average Bonchev–Trinajstić information content (AvgIpc) is 3.10. The highest BCUT2D eigenvalue weighted by Crippen LogP contribution is 2.51. The van der Waals surface area contributed by atoms with E-state index < -0.39 is 0 Å². The fourth-order valence-corrected chi connectivity index (χ4v) is 4.61. The first-order valence-corrected chi connectivity index (χ1v) is 9.29. The highest BCUT2D eigenvalue weighted by molar-refractivity contribution is 9.10. The standard InChI is InChI=1S/C21H20BrNO2/c1-12(24)13-6-9-20-18(10-13)15-4-3-5-16(15)21(23-20)17-8-7-14(25-2)11-19(17)22/h3-4,6-11,15-16,21,23H,5H2,1-2H3. The summed E-state index contributed by atoms with van der Waals surface area (Å²) < 4.78 is 6.38. The fraction of sp³-hybridized carbons (Fsp3) is 0.286. The fourth-order valence-electron chi connectivity index (χ4n) is 4.01. The summed E-state index contributed by atoms with van der Waals surface area (Å²) in [6.07, 6.45) is 5.58. The molecule has 1 aliphatic carbocycles. The molecule has 0 amide bonds. The average molecular weight is 398 g/mol. The van der Waals surface area contributed by atoms with Gasteiger partial charge in [-0.1, -0.05) is 34.1 Å². The third kappa shape index (κ3) is 2.78. The van der Waals surface area contributed by atoms with E-state index in [1.807, 2.05) is 24.3 Å². The first-order valence-electron chi connectivity index (χ1n) is 8.50. The number of hydrogen-bond acceptors (Lipinski definition) is 3. The second-order valence-corrected chi connectivity index (χ2v) is 7.58. The number of benzene rings is 2. The van der Waals surface area contributed by atoms with E-state index in [1.165, 1.54) is 11.1 Å². The molecule has 4 heteroatoms. The van der Waals surface area contributed by atoms with Crippen molar-refractivity contribution in [1.82, 2.24) is 0 Å². The van der Waals surface area contributed by atoms with Crippen molar-refractivity contribution in [2.45, 2.75) is 25.3 Å². The molecule has 0 bridgehead atoms. The van der Waals surface area contributed by atoms with Crippen LogP contribution < -0.4 is 10.1 Å². The van der Waals surface area contributed by atoms with Crippen LogP contribution in [0.2, 0.25) is 0 Å². The van der Waals surface area contributed by atoms with Crippen molar-refractivity contribution in [2.75, 3.05) is 12.4 Å². The highest BCUT2D eigenvalue weighted by atomic mass is 79.9. The Hall–Kier alpha value is -2.07. The molecule has 1 aliphatic heterocycles. The van der Waals surface area contributed by atoms with Crippen molar-refractivity contribution in [3.05, 3.63) is 69.7 Å². The van der Waals surface area contributed by atoms with Crippen molar-refractivity contribution >= 4 is 27.4 Å². The number of nitrogens with one attached hydrogen (secondary N) is 1. The van der Waals surface area contributed by atoms with Crippen LogP contribution in [-0.4, -0.2) is 12.9 Å². The first-order chi connectivity index (χ1) is 12.1. The summed E-state index contributed by atoms with van der Waals surface area (Å²) in [5.74, 6) is 1.74. The van der Waals surface area contributed by atoms with Gasteiger partial charge >= 0.3 is 0 Å². The number of ketones is 1. The minimum absolute atomic E-state index is 0.112. The van der Waals surface area contributed by atoms with E-state index in [2.05, 4.69) is 45.5 Å². The molecule has 4 rings (SSSR count). The molecule has 0 saturated heterocycles. The second-order valence-electron chi connectivity index (χ2n) is 6.72. The van der Waals surface area contributed by atoms with Gasteiger partial charge in [0.15, 0.2) is 5.78 Å². The Kier molecular flexibility index (Phi) is 4.16. The number of rotatable bonds is 3. The summed E-state index contributed by atoms with van der Waals surface area (Å²) in [5.41, 5.74) is 4.36. The summed E-state index contributed by atoms with van der Waals surface area (Å²) in [6, 6.07) is 12.4. The zero-order chi connectivity index (χ0) is 17.6. The molecule has 0 saturated carbocycles. The Balaban J connectivity index is 1.77. The summed E-state index contributed by atoms with van der Waals surface area (Å²) >= 11 is 3.71. The highest BCUT2D eigenvalue weighted by Gasteiger charge is 2.38. The maximum absolute atomic E-state index is 11.8. The Morgan fingerprint density at radius 3 is 2.76 bits per heavy atom. The predicted molar refractivity (Wildman–Crippen MR) is 103 cm³/mol. The van der Waals surface area contributed by atoms with Crippen molar-refractivity contribution in [2.24, 2.45) is 5.92 Å². The monoisotopic (exact) mass is 397 g/mol. The zero-order valence-electron chi connectivity index (χ0n) is 14.3. The molecule has 128 valence electrons. The number of methoxy groups -OCH3 is 1. The Labute approximate surface area is 156 Å². The molecule has 2 aromatic carbocycles. The van der Waals surface area contributed by atoms with E-state index in [0.29, 0.717) is 11.8 Å². The summed E-state index contributed by atoms with van der Waals surface area (Å²) in [6.45, 7) is 1.62. The van der Waals surface area contributed by atoms with Gasteiger partial charge in [0.1, 0.15) is 5.75 Å². The number of hydrogen-bond donors (Lipinski definition) is 1. The third-order valence-electron chi connectivity index (χ3n) is 5.31. The van der Waals surface area contributed by atoms with Gasteiger partial charge in [0.25, 0.3) is 0 Å². The van der Waals surface area contributed by atoms with Crippen LogP contribution in [0.5, 0.6) is 5.75 Å². The van der Waals surface area contributed by atoms with Gasteiger partial charge in [-0.15, -0.1) is 0 Å². The van der Waals surface area contributed by atoms with Gasteiger partial charge in [0.05, 0.1) is 13.2 Å². The lowest BCUT2D eigenvalue weighted by Gasteiger charge is -2.38. The number of carbonyl (C=O) groups is 1. The molecule has 0 spiro atoms. The maximum atomic E-state index is 11.8. The minimum atomic E-state index is 0.112. The van der Waals surface area contributed by atoms with E-state index in [9.17, 15) is 4.79 Å². The lowest BCUT2D eigenvalue weighted by Crippen LogP contribution is -2.29. The van der Waals surface area contributed by atoms with Crippen LogP contribution in [0.3, 0.4) is 0 Å². The third-order valence-corrected chi connectivity index (χ3v) is 6.00. The molecule has 0 fully saturated rings. The van der Waals surface area contributed by atoms with E-state index in [0.717, 1.165) is 27.9 Å². The van der Waals surface area contributed by atoms with Gasteiger partial charge in [-0.25, -0.2) is 0 Å². The predicted octanol–water partition coefficient (Wildman–Crippen LogP) is 5.49. The number of fused-ring (bicyclic) bond motifs is 3. The quantitative estimate of drug-likeness (QED) is 0.549. The van der Waals surface area contributed by atoms with Crippen molar-refractivity contribution in [1.29, 1.82) is 0 Å². The molecule has 3 atom stereocenters. The SMILES string of the molecule is COc1ccc(C2Nc3ccc(C(C)=O)cc3C3C=CCC32)c(Br)c1. The van der Waals surface area contributed by atoms with Crippen LogP contribution in [-0.2, 0) is 0 Å². The van der Waals surface area contributed by atoms with Gasteiger partial charge in [-0.2, -0.15) is 0 Å². The molecule has 3 nitrogen and oxygen atoms in total. The van der Waals surface area contributed by atoms with Gasteiger partial charge in [0, 0.05) is 21.6 Å². The van der Waals surface area contributed by atoms with Gasteiger partial charge in [-0.05, 0) is 60.7 Å². The molecular formula is C21H20BrNO2. The maximum Gasteiger partial charge on any atom is 0.159 e. The second kappa shape index (κ2) is 6.34. The molecule has 0 aromatic heterocycles. The summed E-state index contributed by atoms with van der Waals surface area (Å²) in [5, 5.41) is 3.71. The Morgan fingerprint density at radius 2 is 2.04 bits per heavy atom. The van der Waals surface area contributed by atoms with Crippen LogP contribution in [0, 0.1) is 5.92 Å². The summed E-state index contributed by atoms with van der Waals surface area (Å²) in [7, 11) is 1.68.